The average Bonchev–Trinajstić information content (AvgIpc) is 2.78. The number of hydrogen-bond acceptors (Lipinski definition) is 2. The van der Waals surface area contributed by atoms with Crippen LogP contribution in [0.2, 0.25) is 18.1 Å². The minimum atomic E-state index is -0.953. The Morgan fingerprint density at radius 3 is 2.03 bits per heavy atom. The van der Waals surface area contributed by atoms with E-state index in [0.29, 0.717) is 19.1 Å². The first-order valence-electron chi connectivity index (χ1n) is 12.2. The topological polar surface area (TPSA) is 18.5 Å². The maximum absolute atomic E-state index is 14.2. The molecule has 2 fully saturated rings. The highest BCUT2D eigenvalue weighted by Crippen LogP contribution is 2.41. The summed E-state index contributed by atoms with van der Waals surface area (Å²) >= 11 is 0. The van der Waals surface area contributed by atoms with Gasteiger partial charge in [0, 0.05) is 8.80 Å². The lowest BCUT2D eigenvalue weighted by molar-refractivity contribution is 0.145. The lowest BCUT2D eigenvalue weighted by atomic mass is 9.74. The minimum Gasteiger partial charge on any atom is -0.491 e. The molecule has 0 atom stereocenters. The standard InChI is InChI=1S/C25H39F2O2Si/c1-3-5-6-15-30-16-13-21(14-17-30)20-9-7-19(8-10-20)18-29-23-12-11-22(28-4-2)24(26)25(23)27/h11-12,19-21H,3-10,13-18H2,1-2H3. The molecule has 1 radical (unpaired) electrons. The molecule has 1 aliphatic carbocycles. The van der Waals surface area contributed by atoms with Gasteiger partial charge in [-0.25, -0.2) is 0 Å². The van der Waals surface area contributed by atoms with Crippen molar-refractivity contribution in [3.8, 4) is 11.5 Å². The molecule has 1 aliphatic heterocycles. The van der Waals surface area contributed by atoms with Gasteiger partial charge in [0.25, 0.3) is 0 Å². The molecule has 0 amide bonds. The molecule has 5 heteroatoms. The van der Waals surface area contributed by atoms with Crippen LogP contribution in [0, 0.1) is 29.4 Å². The van der Waals surface area contributed by atoms with Crippen molar-refractivity contribution in [1.29, 1.82) is 0 Å². The molecule has 1 saturated heterocycles. The van der Waals surface area contributed by atoms with Gasteiger partial charge in [0.1, 0.15) is 0 Å². The van der Waals surface area contributed by atoms with Crippen molar-refractivity contribution in [3.63, 3.8) is 0 Å². The van der Waals surface area contributed by atoms with Crippen LogP contribution in [0.1, 0.15) is 71.6 Å². The molecule has 1 aromatic carbocycles. The van der Waals surface area contributed by atoms with Gasteiger partial charge < -0.3 is 9.47 Å². The highest BCUT2D eigenvalue weighted by molar-refractivity contribution is 6.58. The Hall–Kier alpha value is -1.10. The lowest BCUT2D eigenvalue weighted by Gasteiger charge is -2.37. The molecule has 0 spiro atoms. The van der Waals surface area contributed by atoms with Crippen LogP contribution in [-0.4, -0.2) is 22.0 Å². The molecule has 0 N–H and O–H groups in total. The summed E-state index contributed by atoms with van der Waals surface area (Å²) in [5, 5.41) is 0. The summed E-state index contributed by atoms with van der Waals surface area (Å²) in [4.78, 5) is 0. The SMILES string of the molecule is CCCCC[Si]1CCC(C2CCC(COc3ccc(OCC)c(F)c3F)CC2)CC1. The zero-order chi connectivity index (χ0) is 21.3. The van der Waals surface area contributed by atoms with Crippen LogP contribution < -0.4 is 9.47 Å². The maximum atomic E-state index is 14.2. The van der Waals surface area contributed by atoms with Gasteiger partial charge in [0.2, 0.25) is 11.6 Å². The van der Waals surface area contributed by atoms with Crippen LogP contribution in [0.15, 0.2) is 12.1 Å². The van der Waals surface area contributed by atoms with Gasteiger partial charge in [-0.15, -0.1) is 0 Å². The van der Waals surface area contributed by atoms with E-state index in [0.717, 1.165) is 24.7 Å². The number of rotatable bonds is 10. The fraction of sp³-hybridized carbons (Fsp3) is 0.760. The van der Waals surface area contributed by atoms with E-state index in [4.69, 9.17) is 9.47 Å². The second kappa shape index (κ2) is 12.1. The van der Waals surface area contributed by atoms with Crippen molar-refractivity contribution in [2.24, 2.45) is 17.8 Å². The van der Waals surface area contributed by atoms with Crippen molar-refractivity contribution in [3.05, 3.63) is 23.8 Å². The zero-order valence-corrected chi connectivity index (χ0v) is 19.9. The summed E-state index contributed by atoms with van der Waals surface area (Å²) < 4.78 is 39.0. The van der Waals surface area contributed by atoms with Crippen LogP contribution in [0.4, 0.5) is 8.78 Å². The van der Waals surface area contributed by atoms with Crippen molar-refractivity contribution in [2.45, 2.75) is 89.8 Å². The summed E-state index contributed by atoms with van der Waals surface area (Å²) in [6.45, 7) is 4.83. The van der Waals surface area contributed by atoms with E-state index in [1.807, 2.05) is 0 Å². The Kier molecular flexibility index (Phi) is 9.48. The zero-order valence-electron chi connectivity index (χ0n) is 18.9. The first kappa shape index (κ1) is 23.6. The molecule has 2 aliphatic rings. The smallest absolute Gasteiger partial charge is 0.204 e. The van der Waals surface area contributed by atoms with E-state index in [-0.39, 0.29) is 20.3 Å². The number of unbranched alkanes of at least 4 members (excludes halogenated alkanes) is 2. The van der Waals surface area contributed by atoms with E-state index in [2.05, 4.69) is 6.92 Å². The summed E-state index contributed by atoms with van der Waals surface area (Å²) in [7, 11) is -0.0495. The van der Waals surface area contributed by atoms with Crippen LogP contribution in [0.25, 0.3) is 0 Å². The fourth-order valence-electron chi connectivity index (χ4n) is 5.32. The molecule has 1 aromatic rings. The number of hydrogen-bond donors (Lipinski definition) is 0. The largest absolute Gasteiger partial charge is 0.491 e. The molecule has 1 heterocycles. The normalized spacial score (nSPS) is 23.5. The van der Waals surface area contributed by atoms with Crippen LogP contribution in [0.5, 0.6) is 11.5 Å². The first-order chi connectivity index (χ1) is 14.6. The van der Waals surface area contributed by atoms with Crippen LogP contribution in [-0.2, 0) is 0 Å². The minimum absolute atomic E-state index is 0.00288. The molecule has 2 nitrogen and oxygen atoms in total. The third-order valence-electron chi connectivity index (χ3n) is 7.22. The van der Waals surface area contributed by atoms with Crippen molar-refractivity contribution in [2.75, 3.05) is 13.2 Å². The van der Waals surface area contributed by atoms with Crippen LogP contribution >= 0.6 is 0 Å². The Balaban J connectivity index is 1.38. The van der Waals surface area contributed by atoms with Gasteiger partial charge in [-0.3, -0.25) is 0 Å². The molecular weight excluding hydrogens is 398 g/mol. The molecule has 0 unspecified atom stereocenters. The quantitative estimate of drug-likeness (QED) is 0.276. The van der Waals surface area contributed by atoms with Crippen LogP contribution in [0.3, 0.4) is 0 Å². The first-order valence-corrected chi connectivity index (χ1v) is 14.3. The van der Waals surface area contributed by atoms with E-state index in [9.17, 15) is 8.78 Å². The average molecular weight is 438 g/mol. The lowest BCUT2D eigenvalue weighted by Crippen LogP contribution is -2.29. The van der Waals surface area contributed by atoms with E-state index in [1.165, 1.54) is 75.2 Å². The summed E-state index contributed by atoms with van der Waals surface area (Å²) in [5.74, 6) is 0.324. The molecule has 3 rings (SSSR count). The molecule has 30 heavy (non-hydrogen) atoms. The van der Waals surface area contributed by atoms with Crippen molar-refractivity contribution >= 4 is 8.80 Å². The van der Waals surface area contributed by atoms with E-state index >= 15 is 0 Å². The van der Waals surface area contributed by atoms with Gasteiger partial charge >= 0.3 is 0 Å². The molecule has 1 saturated carbocycles. The highest BCUT2D eigenvalue weighted by Gasteiger charge is 2.31. The number of halogens is 2. The second-order valence-electron chi connectivity index (χ2n) is 9.26. The van der Waals surface area contributed by atoms with Gasteiger partial charge in [0.15, 0.2) is 11.5 Å². The van der Waals surface area contributed by atoms with Gasteiger partial charge in [-0.2, -0.15) is 8.78 Å². The van der Waals surface area contributed by atoms with Crippen molar-refractivity contribution < 1.29 is 18.3 Å². The monoisotopic (exact) mass is 437 g/mol. The molecule has 0 aromatic heterocycles. The third kappa shape index (κ3) is 6.45. The summed E-state index contributed by atoms with van der Waals surface area (Å²) in [5.41, 5.74) is 0. The predicted molar refractivity (Wildman–Crippen MR) is 121 cm³/mol. The Morgan fingerprint density at radius 2 is 1.43 bits per heavy atom. The maximum Gasteiger partial charge on any atom is 0.204 e. The van der Waals surface area contributed by atoms with Gasteiger partial charge in [-0.1, -0.05) is 57.2 Å². The fourth-order valence-corrected chi connectivity index (χ4v) is 8.38. The molecular formula is C25H39F2O2Si. The number of benzene rings is 1. The number of ether oxygens (including phenoxy) is 2. The Morgan fingerprint density at radius 1 is 0.833 bits per heavy atom. The Labute approximate surface area is 183 Å². The second-order valence-corrected chi connectivity index (χ2v) is 12.3. The van der Waals surface area contributed by atoms with E-state index in [1.54, 1.807) is 6.92 Å². The van der Waals surface area contributed by atoms with Gasteiger partial charge in [0.05, 0.1) is 13.2 Å². The van der Waals surface area contributed by atoms with E-state index < -0.39 is 11.6 Å². The highest BCUT2D eigenvalue weighted by atomic mass is 28.3. The van der Waals surface area contributed by atoms with Gasteiger partial charge in [-0.05, 0) is 62.5 Å². The molecule has 169 valence electrons. The third-order valence-corrected chi connectivity index (χ3v) is 10.3. The van der Waals surface area contributed by atoms with Crippen molar-refractivity contribution in [1.82, 2.24) is 0 Å². The molecule has 0 bridgehead atoms. The Bertz CT molecular complexity index is 638. The summed E-state index contributed by atoms with van der Waals surface area (Å²) in [6.07, 6.45) is 12.0. The summed E-state index contributed by atoms with van der Waals surface area (Å²) in [6, 6.07) is 7.54. The predicted octanol–water partition coefficient (Wildman–Crippen LogP) is 7.64.